The highest BCUT2D eigenvalue weighted by Crippen LogP contribution is 2.32. The molecule has 2 aromatic carbocycles. The molecular weight excluding hydrogens is 332 g/mol. The van der Waals surface area contributed by atoms with Crippen LogP contribution in [0.25, 0.3) is 11.0 Å². The van der Waals surface area contributed by atoms with Crippen LogP contribution in [0.1, 0.15) is 13.3 Å². The Morgan fingerprint density at radius 1 is 1.31 bits per heavy atom. The number of aryl methyl sites for hydroxylation is 1. The fraction of sp³-hybridized carbons (Fsp3) is 0.211. The van der Waals surface area contributed by atoms with Gasteiger partial charge in [0, 0.05) is 18.7 Å². The standard InChI is InChI=1S/C19H18N4O3/c1-12-19(25)22-15-10-13(6-7-17(15)26-12)21-18(24)8-9-23-11-20-14-4-2-3-5-16(14)23/h2-7,10-12H,8-9H2,1H3,(H,21,24)(H,22,25). The summed E-state index contributed by atoms with van der Waals surface area (Å²) in [5.74, 6) is 0.284. The Labute approximate surface area is 150 Å². The lowest BCUT2D eigenvalue weighted by Crippen LogP contribution is -2.34. The van der Waals surface area contributed by atoms with Gasteiger partial charge in [-0.15, -0.1) is 0 Å². The first-order chi connectivity index (χ1) is 12.6. The molecule has 2 heterocycles. The van der Waals surface area contributed by atoms with Crippen LogP contribution in [-0.4, -0.2) is 27.5 Å². The van der Waals surface area contributed by atoms with E-state index in [0.29, 0.717) is 30.1 Å². The highest BCUT2D eigenvalue weighted by Gasteiger charge is 2.23. The van der Waals surface area contributed by atoms with Gasteiger partial charge in [-0.2, -0.15) is 0 Å². The van der Waals surface area contributed by atoms with Crippen LogP contribution in [-0.2, 0) is 16.1 Å². The first kappa shape index (κ1) is 16.1. The summed E-state index contributed by atoms with van der Waals surface area (Å²) in [5.41, 5.74) is 3.09. The normalized spacial score (nSPS) is 15.9. The molecule has 0 saturated heterocycles. The molecule has 132 valence electrons. The number of aromatic nitrogens is 2. The van der Waals surface area contributed by atoms with Gasteiger partial charge in [0.2, 0.25) is 5.91 Å². The van der Waals surface area contributed by atoms with Crippen molar-refractivity contribution in [2.24, 2.45) is 0 Å². The smallest absolute Gasteiger partial charge is 0.265 e. The van der Waals surface area contributed by atoms with Crippen molar-refractivity contribution in [3.8, 4) is 5.75 Å². The van der Waals surface area contributed by atoms with Crippen molar-refractivity contribution >= 4 is 34.2 Å². The second kappa shape index (κ2) is 6.51. The number of imidazole rings is 1. The molecule has 0 fully saturated rings. The minimum Gasteiger partial charge on any atom is -0.479 e. The summed E-state index contributed by atoms with van der Waals surface area (Å²) in [4.78, 5) is 28.3. The molecule has 1 unspecified atom stereocenters. The van der Waals surface area contributed by atoms with E-state index >= 15 is 0 Å². The summed E-state index contributed by atoms with van der Waals surface area (Å²) in [6.45, 7) is 2.22. The first-order valence-corrected chi connectivity index (χ1v) is 8.41. The zero-order valence-electron chi connectivity index (χ0n) is 14.2. The minimum atomic E-state index is -0.520. The highest BCUT2D eigenvalue weighted by molar-refractivity contribution is 5.99. The number of hydrogen-bond acceptors (Lipinski definition) is 4. The van der Waals surface area contributed by atoms with Crippen molar-refractivity contribution in [1.29, 1.82) is 0 Å². The summed E-state index contributed by atoms with van der Waals surface area (Å²) < 4.78 is 7.46. The SMILES string of the molecule is CC1Oc2ccc(NC(=O)CCn3cnc4ccccc43)cc2NC1=O. The number of fused-ring (bicyclic) bond motifs is 2. The Kier molecular flexibility index (Phi) is 4.04. The Balaban J connectivity index is 1.41. The Hall–Kier alpha value is -3.35. The molecule has 1 atom stereocenters. The van der Waals surface area contributed by atoms with E-state index in [-0.39, 0.29) is 11.8 Å². The van der Waals surface area contributed by atoms with E-state index in [2.05, 4.69) is 15.6 Å². The van der Waals surface area contributed by atoms with Crippen LogP contribution in [0.5, 0.6) is 5.75 Å². The van der Waals surface area contributed by atoms with E-state index in [0.717, 1.165) is 11.0 Å². The lowest BCUT2D eigenvalue weighted by Gasteiger charge is -2.23. The number of para-hydroxylation sites is 2. The van der Waals surface area contributed by atoms with Crippen molar-refractivity contribution in [3.63, 3.8) is 0 Å². The summed E-state index contributed by atoms with van der Waals surface area (Å²) in [7, 11) is 0. The van der Waals surface area contributed by atoms with Gasteiger partial charge in [0.05, 0.1) is 23.0 Å². The van der Waals surface area contributed by atoms with Crippen molar-refractivity contribution in [3.05, 3.63) is 48.8 Å². The fourth-order valence-corrected chi connectivity index (χ4v) is 2.92. The van der Waals surface area contributed by atoms with Gasteiger partial charge < -0.3 is 19.9 Å². The van der Waals surface area contributed by atoms with Crippen LogP contribution in [0.3, 0.4) is 0 Å². The second-order valence-electron chi connectivity index (χ2n) is 6.19. The van der Waals surface area contributed by atoms with E-state index in [1.807, 2.05) is 28.8 Å². The third kappa shape index (κ3) is 3.11. The zero-order chi connectivity index (χ0) is 18.1. The molecule has 0 radical (unpaired) electrons. The maximum Gasteiger partial charge on any atom is 0.265 e. The summed E-state index contributed by atoms with van der Waals surface area (Å²) >= 11 is 0. The molecule has 0 bridgehead atoms. The summed E-state index contributed by atoms with van der Waals surface area (Å²) in [6, 6.07) is 13.0. The molecule has 1 aliphatic rings. The maximum atomic E-state index is 12.3. The minimum absolute atomic E-state index is 0.112. The average molecular weight is 350 g/mol. The lowest BCUT2D eigenvalue weighted by molar-refractivity contribution is -0.122. The van der Waals surface area contributed by atoms with Gasteiger partial charge in [0.25, 0.3) is 5.91 Å². The molecular formula is C19H18N4O3. The van der Waals surface area contributed by atoms with E-state index in [9.17, 15) is 9.59 Å². The van der Waals surface area contributed by atoms with Crippen LogP contribution in [0.4, 0.5) is 11.4 Å². The monoisotopic (exact) mass is 350 g/mol. The second-order valence-corrected chi connectivity index (χ2v) is 6.19. The van der Waals surface area contributed by atoms with E-state index in [1.54, 1.807) is 31.5 Å². The van der Waals surface area contributed by atoms with Gasteiger partial charge in [-0.05, 0) is 37.3 Å². The third-order valence-electron chi connectivity index (χ3n) is 4.30. The molecule has 1 aromatic heterocycles. The molecule has 0 spiro atoms. The molecule has 0 saturated carbocycles. The molecule has 1 aliphatic heterocycles. The predicted octanol–water partition coefficient (Wildman–Crippen LogP) is 2.78. The molecule has 2 N–H and O–H groups in total. The fourth-order valence-electron chi connectivity index (χ4n) is 2.92. The van der Waals surface area contributed by atoms with E-state index < -0.39 is 6.10 Å². The van der Waals surface area contributed by atoms with Crippen molar-refractivity contribution < 1.29 is 14.3 Å². The van der Waals surface area contributed by atoms with Gasteiger partial charge >= 0.3 is 0 Å². The number of carbonyl (C=O) groups is 2. The topological polar surface area (TPSA) is 85.2 Å². The number of nitrogens with one attached hydrogen (secondary N) is 2. The Morgan fingerprint density at radius 3 is 3.04 bits per heavy atom. The number of amides is 2. The van der Waals surface area contributed by atoms with Crippen LogP contribution < -0.4 is 15.4 Å². The van der Waals surface area contributed by atoms with Crippen molar-refractivity contribution in [2.75, 3.05) is 10.6 Å². The van der Waals surface area contributed by atoms with Gasteiger partial charge in [-0.1, -0.05) is 12.1 Å². The first-order valence-electron chi connectivity index (χ1n) is 8.41. The van der Waals surface area contributed by atoms with Gasteiger partial charge in [-0.3, -0.25) is 9.59 Å². The van der Waals surface area contributed by atoms with E-state index in [1.165, 1.54) is 0 Å². The molecule has 4 rings (SSSR count). The van der Waals surface area contributed by atoms with Crippen molar-refractivity contribution in [2.45, 2.75) is 26.0 Å². The summed E-state index contributed by atoms with van der Waals surface area (Å²) in [5, 5.41) is 5.62. The summed E-state index contributed by atoms with van der Waals surface area (Å²) in [6.07, 6.45) is 1.54. The highest BCUT2D eigenvalue weighted by atomic mass is 16.5. The number of carbonyl (C=O) groups excluding carboxylic acids is 2. The number of ether oxygens (including phenoxy) is 1. The van der Waals surface area contributed by atoms with Crippen LogP contribution in [0.15, 0.2) is 48.8 Å². The quantitative estimate of drug-likeness (QED) is 0.758. The Bertz CT molecular complexity index is 995. The van der Waals surface area contributed by atoms with Crippen LogP contribution >= 0.6 is 0 Å². The van der Waals surface area contributed by atoms with Crippen LogP contribution in [0, 0.1) is 0 Å². The third-order valence-corrected chi connectivity index (χ3v) is 4.30. The number of hydrogen-bond donors (Lipinski definition) is 2. The molecule has 2 amide bonds. The number of benzene rings is 2. The molecule has 7 nitrogen and oxygen atoms in total. The number of rotatable bonds is 4. The van der Waals surface area contributed by atoms with Crippen molar-refractivity contribution in [1.82, 2.24) is 9.55 Å². The molecule has 7 heteroatoms. The van der Waals surface area contributed by atoms with Crippen LogP contribution in [0.2, 0.25) is 0 Å². The average Bonchev–Trinajstić information content (AvgIpc) is 3.04. The Morgan fingerprint density at radius 2 is 2.15 bits per heavy atom. The molecule has 0 aliphatic carbocycles. The maximum absolute atomic E-state index is 12.3. The van der Waals surface area contributed by atoms with Gasteiger partial charge in [0.15, 0.2) is 6.10 Å². The van der Waals surface area contributed by atoms with E-state index in [4.69, 9.17) is 4.74 Å². The number of nitrogens with zero attached hydrogens (tertiary/aromatic N) is 2. The number of anilines is 2. The molecule has 3 aromatic rings. The largest absolute Gasteiger partial charge is 0.479 e. The predicted molar refractivity (Wildman–Crippen MR) is 98.1 cm³/mol. The van der Waals surface area contributed by atoms with Gasteiger partial charge in [0.1, 0.15) is 5.75 Å². The zero-order valence-corrected chi connectivity index (χ0v) is 14.2. The lowest BCUT2D eigenvalue weighted by atomic mass is 10.2. The molecule has 26 heavy (non-hydrogen) atoms. The van der Waals surface area contributed by atoms with Gasteiger partial charge in [-0.25, -0.2) is 4.98 Å².